The number of halogens is 1. The Morgan fingerprint density at radius 1 is 1.03 bits per heavy atom. The second-order valence-electron chi connectivity index (χ2n) is 6.23. The van der Waals surface area contributed by atoms with Crippen molar-refractivity contribution in [1.82, 2.24) is 0 Å². The molecule has 0 radical (unpaired) electrons. The summed E-state index contributed by atoms with van der Waals surface area (Å²) >= 11 is 6.15. The molecule has 0 aliphatic heterocycles. The summed E-state index contributed by atoms with van der Waals surface area (Å²) in [4.78, 5) is -0.301. The molecule has 0 saturated carbocycles. The molecule has 0 aromatic heterocycles. The molecule has 0 aliphatic carbocycles. The van der Waals surface area contributed by atoms with Crippen LogP contribution in [0.4, 0.5) is 0 Å². The van der Waals surface area contributed by atoms with Gasteiger partial charge in [-0.3, -0.25) is 0 Å². The van der Waals surface area contributed by atoms with E-state index in [-0.39, 0.29) is 16.4 Å². The van der Waals surface area contributed by atoms with Gasteiger partial charge in [-0.1, -0.05) is 54.1 Å². The third-order valence-electron chi connectivity index (χ3n) is 4.28. The predicted molar refractivity (Wildman–Crippen MR) is 116 cm³/mol. The second-order valence-corrected chi connectivity index (χ2v) is 8.55. The van der Waals surface area contributed by atoms with Gasteiger partial charge >= 0.3 is 0 Å². The molecule has 0 atom stereocenters. The summed E-state index contributed by atoms with van der Waals surface area (Å²) in [6.07, 6.45) is 1.31. The molecule has 152 valence electrons. The molecule has 0 amide bonds. The molecule has 0 fully saturated rings. The van der Waals surface area contributed by atoms with E-state index >= 15 is 0 Å². The molecule has 0 unspecified atom stereocenters. The van der Waals surface area contributed by atoms with Gasteiger partial charge in [-0.2, -0.15) is 5.26 Å². The highest BCUT2D eigenvalue weighted by Crippen LogP contribution is 2.31. The van der Waals surface area contributed by atoms with Crippen molar-refractivity contribution in [3.63, 3.8) is 0 Å². The van der Waals surface area contributed by atoms with Crippen molar-refractivity contribution in [2.45, 2.75) is 11.5 Å². The molecule has 3 aromatic carbocycles. The zero-order valence-corrected chi connectivity index (χ0v) is 17.7. The average molecular weight is 440 g/mol. The van der Waals surface area contributed by atoms with E-state index in [1.54, 1.807) is 48.5 Å². The van der Waals surface area contributed by atoms with Crippen LogP contribution in [0.1, 0.15) is 11.1 Å². The number of rotatable bonds is 7. The molecule has 0 bridgehead atoms. The molecular weight excluding hydrogens is 422 g/mol. The van der Waals surface area contributed by atoms with Gasteiger partial charge in [-0.15, -0.1) is 0 Å². The van der Waals surface area contributed by atoms with E-state index < -0.39 is 9.84 Å². The zero-order chi connectivity index (χ0) is 21.6. The van der Waals surface area contributed by atoms with Crippen LogP contribution in [-0.4, -0.2) is 15.5 Å². The van der Waals surface area contributed by atoms with Gasteiger partial charge in [0.15, 0.2) is 11.5 Å². The summed E-state index contributed by atoms with van der Waals surface area (Å²) in [6.45, 7) is 0.247. The lowest BCUT2D eigenvalue weighted by atomic mass is 10.2. The fourth-order valence-electron chi connectivity index (χ4n) is 2.71. The van der Waals surface area contributed by atoms with Crippen LogP contribution in [0, 0.1) is 11.3 Å². The number of ether oxygens (including phenoxy) is 2. The van der Waals surface area contributed by atoms with Gasteiger partial charge in [0, 0.05) is 10.6 Å². The lowest BCUT2D eigenvalue weighted by molar-refractivity contribution is 0.284. The highest BCUT2D eigenvalue weighted by molar-refractivity contribution is 7.95. The normalized spacial score (nSPS) is 11.6. The molecule has 0 N–H and O–H groups in total. The van der Waals surface area contributed by atoms with Crippen LogP contribution in [0.3, 0.4) is 0 Å². The van der Waals surface area contributed by atoms with Crippen LogP contribution in [0.5, 0.6) is 11.5 Å². The maximum absolute atomic E-state index is 12.7. The van der Waals surface area contributed by atoms with Crippen LogP contribution in [0.15, 0.2) is 82.6 Å². The molecule has 0 aliphatic rings. The second kappa shape index (κ2) is 9.49. The SMILES string of the molecule is COc1cc(/C=C(\C#N)S(=O)(=O)c2ccccc2)ccc1OCc1ccccc1Cl. The van der Waals surface area contributed by atoms with E-state index in [0.29, 0.717) is 22.1 Å². The number of nitriles is 1. The molecule has 3 rings (SSSR count). The van der Waals surface area contributed by atoms with E-state index in [9.17, 15) is 13.7 Å². The Morgan fingerprint density at radius 3 is 2.40 bits per heavy atom. The Morgan fingerprint density at radius 2 is 1.73 bits per heavy atom. The molecule has 0 heterocycles. The Kier molecular flexibility index (Phi) is 6.78. The number of nitrogens with zero attached hydrogens (tertiary/aromatic N) is 1. The maximum atomic E-state index is 12.7. The van der Waals surface area contributed by atoms with Gasteiger partial charge in [0.05, 0.1) is 12.0 Å². The van der Waals surface area contributed by atoms with Crippen molar-refractivity contribution in [3.05, 3.63) is 93.9 Å². The third kappa shape index (κ3) is 4.82. The number of allylic oxidation sites excluding steroid dienone is 1. The van der Waals surface area contributed by atoms with Crippen molar-refractivity contribution < 1.29 is 17.9 Å². The van der Waals surface area contributed by atoms with Gasteiger partial charge in [0.25, 0.3) is 0 Å². The Hall–Kier alpha value is -3.27. The van der Waals surface area contributed by atoms with E-state index in [2.05, 4.69) is 0 Å². The number of sulfone groups is 1. The highest BCUT2D eigenvalue weighted by Gasteiger charge is 2.20. The predicted octanol–water partition coefficient (Wildman–Crippen LogP) is 5.27. The van der Waals surface area contributed by atoms with Crippen LogP contribution in [-0.2, 0) is 16.4 Å². The minimum Gasteiger partial charge on any atom is -0.493 e. The lowest BCUT2D eigenvalue weighted by Crippen LogP contribution is -2.03. The molecule has 5 nitrogen and oxygen atoms in total. The standard InChI is InChI=1S/C23H18ClNO4S/c1-28-23-14-17(11-12-22(23)29-16-18-7-5-6-10-21(18)24)13-20(15-25)30(26,27)19-8-3-2-4-9-19/h2-14H,16H2,1H3/b20-13+. The largest absolute Gasteiger partial charge is 0.493 e. The molecular formula is C23H18ClNO4S. The van der Waals surface area contributed by atoms with E-state index in [1.165, 1.54) is 25.3 Å². The third-order valence-corrected chi connectivity index (χ3v) is 6.33. The van der Waals surface area contributed by atoms with Gasteiger partial charge in [0.2, 0.25) is 9.84 Å². The van der Waals surface area contributed by atoms with Crippen LogP contribution < -0.4 is 9.47 Å². The Bertz CT molecular complexity index is 1220. The molecule has 3 aromatic rings. The monoisotopic (exact) mass is 439 g/mol. The molecule has 7 heteroatoms. The van der Waals surface area contributed by atoms with E-state index in [4.69, 9.17) is 21.1 Å². The first-order valence-electron chi connectivity index (χ1n) is 8.92. The zero-order valence-electron chi connectivity index (χ0n) is 16.1. The van der Waals surface area contributed by atoms with Crippen molar-refractivity contribution in [2.75, 3.05) is 7.11 Å². The van der Waals surface area contributed by atoms with Crippen molar-refractivity contribution in [2.24, 2.45) is 0 Å². The fraction of sp³-hybridized carbons (Fsp3) is 0.0870. The quantitative estimate of drug-likeness (QED) is 0.469. The van der Waals surface area contributed by atoms with Crippen molar-refractivity contribution >= 4 is 27.5 Å². The minimum atomic E-state index is -3.92. The maximum Gasteiger partial charge on any atom is 0.216 e. The fourth-order valence-corrected chi connectivity index (χ4v) is 4.08. The number of benzene rings is 3. The summed E-state index contributed by atoms with van der Waals surface area (Å²) in [6, 6.07) is 21.9. The lowest BCUT2D eigenvalue weighted by Gasteiger charge is -2.12. The number of hydrogen-bond donors (Lipinski definition) is 0. The minimum absolute atomic E-state index is 0.0597. The number of methoxy groups -OCH3 is 1. The van der Waals surface area contributed by atoms with Crippen LogP contribution >= 0.6 is 11.6 Å². The number of hydrogen-bond acceptors (Lipinski definition) is 5. The molecule has 0 saturated heterocycles. The topological polar surface area (TPSA) is 76.4 Å². The van der Waals surface area contributed by atoms with Crippen molar-refractivity contribution in [3.8, 4) is 17.6 Å². The van der Waals surface area contributed by atoms with E-state index in [0.717, 1.165) is 5.56 Å². The van der Waals surface area contributed by atoms with Crippen LogP contribution in [0.25, 0.3) is 6.08 Å². The van der Waals surface area contributed by atoms with Crippen LogP contribution in [0.2, 0.25) is 5.02 Å². The summed E-state index contributed by atoms with van der Waals surface area (Å²) in [5.74, 6) is 0.879. The summed E-state index contributed by atoms with van der Waals surface area (Å²) in [5, 5.41) is 10.0. The highest BCUT2D eigenvalue weighted by atomic mass is 35.5. The average Bonchev–Trinajstić information content (AvgIpc) is 2.77. The first kappa shape index (κ1) is 21.4. The molecule has 0 spiro atoms. The van der Waals surface area contributed by atoms with Gasteiger partial charge in [0.1, 0.15) is 17.6 Å². The van der Waals surface area contributed by atoms with Gasteiger partial charge < -0.3 is 9.47 Å². The summed E-state index contributed by atoms with van der Waals surface area (Å²) in [5.41, 5.74) is 1.32. The summed E-state index contributed by atoms with van der Waals surface area (Å²) in [7, 11) is -2.43. The first-order chi connectivity index (χ1) is 14.5. The van der Waals surface area contributed by atoms with Gasteiger partial charge in [-0.25, -0.2) is 8.42 Å². The van der Waals surface area contributed by atoms with Gasteiger partial charge in [-0.05, 0) is 42.0 Å². The Labute approximate surface area is 180 Å². The first-order valence-corrected chi connectivity index (χ1v) is 10.8. The summed E-state index contributed by atoms with van der Waals surface area (Å²) < 4.78 is 36.6. The Balaban J connectivity index is 1.88. The molecule has 30 heavy (non-hydrogen) atoms. The van der Waals surface area contributed by atoms with E-state index in [1.807, 2.05) is 18.2 Å². The smallest absolute Gasteiger partial charge is 0.216 e. The van der Waals surface area contributed by atoms with Crippen molar-refractivity contribution in [1.29, 1.82) is 5.26 Å².